The Bertz CT molecular complexity index is 1410. The fourth-order valence-corrected chi connectivity index (χ4v) is 4.00. The largest absolute Gasteiger partial charge is 0.359 e. The summed E-state index contributed by atoms with van der Waals surface area (Å²) in [6.07, 6.45) is 2.63. The van der Waals surface area contributed by atoms with Crippen LogP contribution in [0, 0.1) is 20.8 Å². The molecule has 1 N–H and O–H groups in total. The van der Waals surface area contributed by atoms with Crippen molar-refractivity contribution in [1.82, 2.24) is 24.8 Å². The van der Waals surface area contributed by atoms with Crippen molar-refractivity contribution in [2.24, 2.45) is 0 Å². The van der Waals surface area contributed by atoms with Crippen LogP contribution in [0.3, 0.4) is 0 Å². The topological polar surface area (TPSA) is 89.8 Å². The van der Waals surface area contributed by atoms with Gasteiger partial charge >= 0.3 is 0 Å². The molecule has 3 aromatic heterocycles. The first kappa shape index (κ1) is 22.3. The molecule has 0 fully saturated rings. The van der Waals surface area contributed by atoms with E-state index in [4.69, 9.17) is 0 Å². The number of hydrogen-bond acceptors (Lipinski definition) is 5. The molecule has 7 nitrogen and oxygen atoms in total. The highest BCUT2D eigenvalue weighted by Gasteiger charge is 2.15. The summed E-state index contributed by atoms with van der Waals surface area (Å²) in [5, 5.41) is 3.41. The number of benzene rings is 1. The van der Waals surface area contributed by atoms with E-state index in [1.807, 2.05) is 50.2 Å². The summed E-state index contributed by atoms with van der Waals surface area (Å²) in [4.78, 5) is 38.7. The smallest absolute Gasteiger partial charge is 0.260 e. The van der Waals surface area contributed by atoms with Gasteiger partial charge in [0.2, 0.25) is 5.91 Å². The Morgan fingerprint density at radius 3 is 2.58 bits per heavy atom. The minimum absolute atomic E-state index is 0.0505. The van der Waals surface area contributed by atoms with E-state index in [0.717, 1.165) is 33.5 Å². The highest BCUT2D eigenvalue weighted by molar-refractivity contribution is 5.82. The highest BCUT2D eigenvalue weighted by atomic mass is 16.1. The van der Waals surface area contributed by atoms with Gasteiger partial charge in [-0.15, -0.1) is 0 Å². The second-order valence-electron chi connectivity index (χ2n) is 8.18. The zero-order valence-corrected chi connectivity index (χ0v) is 19.3. The van der Waals surface area contributed by atoms with Crippen LogP contribution in [0.1, 0.15) is 29.9 Å². The molecule has 0 spiro atoms. The van der Waals surface area contributed by atoms with E-state index in [-0.39, 0.29) is 11.5 Å². The molecular formula is C26H27N5O2. The van der Waals surface area contributed by atoms with Crippen LogP contribution in [-0.4, -0.2) is 32.5 Å². The van der Waals surface area contributed by atoms with Gasteiger partial charge in [0.25, 0.3) is 5.56 Å². The summed E-state index contributed by atoms with van der Waals surface area (Å²) in [7, 11) is 1.61. The second kappa shape index (κ2) is 9.32. The number of pyridine rings is 2. The van der Waals surface area contributed by atoms with Crippen LogP contribution in [0.2, 0.25) is 0 Å². The number of aromatic nitrogens is 4. The van der Waals surface area contributed by atoms with Gasteiger partial charge in [-0.05, 0) is 62.6 Å². The van der Waals surface area contributed by atoms with Gasteiger partial charge in [0, 0.05) is 48.4 Å². The fraction of sp³-hybridized carbons (Fsp3) is 0.269. The first-order valence-corrected chi connectivity index (χ1v) is 11.0. The minimum atomic E-state index is -0.123. The minimum Gasteiger partial charge on any atom is -0.359 e. The van der Waals surface area contributed by atoms with Gasteiger partial charge in [0.1, 0.15) is 11.5 Å². The van der Waals surface area contributed by atoms with Gasteiger partial charge in [-0.1, -0.05) is 18.2 Å². The Morgan fingerprint density at radius 1 is 1.03 bits per heavy atom. The predicted molar refractivity (Wildman–Crippen MR) is 130 cm³/mol. The molecule has 4 aromatic rings. The molecule has 0 aliphatic rings. The third kappa shape index (κ3) is 4.67. The Morgan fingerprint density at radius 2 is 1.85 bits per heavy atom. The van der Waals surface area contributed by atoms with E-state index in [1.165, 1.54) is 0 Å². The molecule has 0 aliphatic heterocycles. The normalized spacial score (nSPS) is 11.0. The number of nitrogens with one attached hydrogen (secondary N) is 1. The Kier molecular flexibility index (Phi) is 6.31. The Hall–Kier alpha value is -3.87. The Balaban J connectivity index is 1.80. The first-order valence-electron chi connectivity index (χ1n) is 11.0. The van der Waals surface area contributed by atoms with Gasteiger partial charge in [0.05, 0.1) is 5.69 Å². The third-order valence-corrected chi connectivity index (χ3v) is 5.71. The number of amides is 1. The molecule has 0 unspecified atom stereocenters. The summed E-state index contributed by atoms with van der Waals surface area (Å²) < 4.78 is 1.66. The molecule has 0 saturated carbocycles. The number of carbonyl (C=O) groups is 1. The maximum absolute atomic E-state index is 13.6. The number of aryl methyl sites for hydroxylation is 4. The quantitative estimate of drug-likeness (QED) is 0.489. The SMILES string of the molecule is CNC(=O)CCCn1c(=O)c(-c2ccc(-c3cccc(C)n3)cc2C)cc2cnc(C)nc21. The number of rotatable bonds is 6. The lowest BCUT2D eigenvalue weighted by Gasteiger charge is -2.14. The van der Waals surface area contributed by atoms with Crippen LogP contribution in [0.4, 0.5) is 0 Å². The molecule has 4 rings (SSSR count). The standard InChI is InChI=1S/C26H27N5O2/c1-16-13-19(23-8-5-7-17(2)29-23)10-11-21(16)22-14-20-15-28-18(3)30-25(20)31(26(22)33)12-6-9-24(32)27-4/h5,7-8,10-11,13-15H,6,9,12H2,1-4H3,(H,27,32). The van der Waals surface area contributed by atoms with E-state index in [0.29, 0.717) is 36.4 Å². The highest BCUT2D eigenvalue weighted by Crippen LogP contribution is 2.28. The van der Waals surface area contributed by atoms with Crippen LogP contribution >= 0.6 is 0 Å². The van der Waals surface area contributed by atoms with Crippen molar-refractivity contribution in [1.29, 1.82) is 0 Å². The average Bonchev–Trinajstić information content (AvgIpc) is 2.80. The first-order chi connectivity index (χ1) is 15.9. The van der Waals surface area contributed by atoms with Crippen LogP contribution in [0.25, 0.3) is 33.4 Å². The molecule has 0 saturated heterocycles. The number of hydrogen-bond donors (Lipinski definition) is 1. The van der Waals surface area contributed by atoms with Crippen LogP contribution in [0.5, 0.6) is 0 Å². The van der Waals surface area contributed by atoms with Gasteiger partial charge in [-0.2, -0.15) is 0 Å². The van der Waals surface area contributed by atoms with E-state index in [1.54, 1.807) is 24.7 Å². The lowest BCUT2D eigenvalue weighted by Crippen LogP contribution is -2.25. The summed E-state index contributed by atoms with van der Waals surface area (Å²) >= 11 is 0. The van der Waals surface area contributed by atoms with Gasteiger partial charge in [-0.25, -0.2) is 9.97 Å². The maximum Gasteiger partial charge on any atom is 0.260 e. The van der Waals surface area contributed by atoms with Crippen LogP contribution in [-0.2, 0) is 11.3 Å². The summed E-state index contributed by atoms with van der Waals surface area (Å²) in [6, 6.07) is 13.8. The molecule has 1 amide bonds. The second-order valence-corrected chi connectivity index (χ2v) is 8.18. The molecule has 1 aromatic carbocycles. The van der Waals surface area contributed by atoms with Gasteiger partial charge < -0.3 is 5.32 Å². The fourth-order valence-electron chi connectivity index (χ4n) is 4.00. The molecule has 3 heterocycles. The molecule has 7 heteroatoms. The van der Waals surface area contributed by atoms with Gasteiger partial charge in [-0.3, -0.25) is 19.1 Å². The van der Waals surface area contributed by atoms with Crippen molar-refractivity contribution < 1.29 is 4.79 Å². The van der Waals surface area contributed by atoms with Crippen molar-refractivity contribution in [3.05, 3.63) is 76.1 Å². The van der Waals surface area contributed by atoms with Crippen molar-refractivity contribution in [2.45, 2.75) is 40.2 Å². The number of fused-ring (bicyclic) bond motifs is 1. The van der Waals surface area contributed by atoms with Crippen LogP contribution in [0.15, 0.2) is 53.5 Å². The average molecular weight is 442 g/mol. The Labute approximate surface area is 192 Å². The molecule has 0 bridgehead atoms. The van der Waals surface area contributed by atoms with E-state index in [2.05, 4.69) is 26.3 Å². The van der Waals surface area contributed by atoms with Crippen molar-refractivity contribution in [3.8, 4) is 22.4 Å². The predicted octanol–water partition coefficient (Wildman–Crippen LogP) is 3.97. The zero-order chi connectivity index (χ0) is 23.5. The van der Waals surface area contributed by atoms with E-state index >= 15 is 0 Å². The maximum atomic E-state index is 13.6. The van der Waals surface area contributed by atoms with Crippen LogP contribution < -0.4 is 10.9 Å². The summed E-state index contributed by atoms with van der Waals surface area (Å²) in [5.41, 5.74) is 5.77. The number of carbonyl (C=O) groups excluding carboxylic acids is 1. The molecule has 0 atom stereocenters. The molecule has 33 heavy (non-hydrogen) atoms. The van der Waals surface area contributed by atoms with Crippen molar-refractivity contribution >= 4 is 16.9 Å². The van der Waals surface area contributed by atoms with E-state index < -0.39 is 0 Å². The summed E-state index contributed by atoms with van der Waals surface area (Å²) in [5.74, 6) is 0.548. The molecule has 168 valence electrons. The lowest BCUT2D eigenvalue weighted by atomic mass is 9.97. The van der Waals surface area contributed by atoms with Gasteiger partial charge in [0.15, 0.2) is 0 Å². The number of nitrogens with zero attached hydrogens (tertiary/aromatic N) is 4. The third-order valence-electron chi connectivity index (χ3n) is 5.71. The van der Waals surface area contributed by atoms with E-state index in [9.17, 15) is 9.59 Å². The monoisotopic (exact) mass is 441 g/mol. The molecular weight excluding hydrogens is 414 g/mol. The summed E-state index contributed by atoms with van der Waals surface area (Å²) in [6.45, 7) is 6.17. The zero-order valence-electron chi connectivity index (χ0n) is 19.3. The lowest BCUT2D eigenvalue weighted by molar-refractivity contribution is -0.120. The molecule has 0 radical (unpaired) electrons. The molecule has 0 aliphatic carbocycles. The van der Waals surface area contributed by atoms with Crippen molar-refractivity contribution in [2.75, 3.05) is 7.05 Å². The van der Waals surface area contributed by atoms with Crippen molar-refractivity contribution in [3.63, 3.8) is 0 Å².